The molecule has 0 aliphatic heterocycles. The standard InChI is InChI=1S/C18H34N2O3/c1-17(2,3)13-8-10-18(23,11-9-13)12-19-16(22)20-14-4-6-15(21)7-5-14/h13-15,21,23H,4-12H2,1-3H3,(H2,19,20,22). The summed E-state index contributed by atoms with van der Waals surface area (Å²) in [5, 5.41) is 26.0. The zero-order chi connectivity index (χ0) is 17.1. The van der Waals surface area contributed by atoms with Crippen molar-refractivity contribution in [3.05, 3.63) is 0 Å². The largest absolute Gasteiger partial charge is 0.393 e. The van der Waals surface area contributed by atoms with Crippen molar-refractivity contribution in [2.75, 3.05) is 6.54 Å². The zero-order valence-electron chi connectivity index (χ0n) is 14.9. The highest BCUT2D eigenvalue weighted by Gasteiger charge is 2.37. The number of carbonyl (C=O) groups excluding carboxylic acids is 1. The van der Waals surface area contributed by atoms with E-state index in [0.717, 1.165) is 51.4 Å². The monoisotopic (exact) mass is 326 g/mol. The molecule has 0 unspecified atom stereocenters. The summed E-state index contributed by atoms with van der Waals surface area (Å²) in [7, 11) is 0. The Morgan fingerprint density at radius 2 is 1.65 bits per heavy atom. The Labute approximate surface area is 140 Å². The lowest BCUT2D eigenvalue weighted by molar-refractivity contribution is -0.0219. The third-order valence-corrected chi connectivity index (χ3v) is 5.75. The highest BCUT2D eigenvalue weighted by molar-refractivity contribution is 5.74. The molecule has 0 heterocycles. The normalized spacial score (nSPS) is 35.6. The van der Waals surface area contributed by atoms with Crippen LogP contribution < -0.4 is 10.6 Å². The molecule has 0 aromatic carbocycles. The van der Waals surface area contributed by atoms with Gasteiger partial charge in [-0.25, -0.2) is 4.79 Å². The first-order chi connectivity index (χ1) is 10.7. The summed E-state index contributed by atoms with van der Waals surface area (Å²) >= 11 is 0. The molecule has 0 aromatic heterocycles. The van der Waals surface area contributed by atoms with Gasteiger partial charge < -0.3 is 20.8 Å². The van der Waals surface area contributed by atoms with Gasteiger partial charge in [0.15, 0.2) is 0 Å². The first kappa shape index (κ1) is 18.5. The van der Waals surface area contributed by atoms with Crippen molar-refractivity contribution in [3.8, 4) is 0 Å². The number of aliphatic hydroxyl groups is 2. The average Bonchev–Trinajstić information content (AvgIpc) is 2.47. The van der Waals surface area contributed by atoms with Crippen LogP contribution in [0.1, 0.15) is 72.1 Å². The molecular formula is C18H34N2O3. The smallest absolute Gasteiger partial charge is 0.315 e. The molecule has 2 fully saturated rings. The summed E-state index contributed by atoms with van der Waals surface area (Å²) in [5.74, 6) is 0.644. The quantitative estimate of drug-likeness (QED) is 0.643. The molecule has 5 nitrogen and oxygen atoms in total. The molecule has 2 rings (SSSR count). The zero-order valence-corrected chi connectivity index (χ0v) is 14.9. The fraction of sp³-hybridized carbons (Fsp3) is 0.944. The van der Waals surface area contributed by atoms with Crippen LogP contribution in [0.5, 0.6) is 0 Å². The van der Waals surface area contributed by atoms with E-state index >= 15 is 0 Å². The molecule has 0 bridgehead atoms. The minimum Gasteiger partial charge on any atom is -0.393 e. The number of urea groups is 1. The van der Waals surface area contributed by atoms with Gasteiger partial charge in [0.25, 0.3) is 0 Å². The van der Waals surface area contributed by atoms with E-state index in [4.69, 9.17) is 0 Å². The van der Waals surface area contributed by atoms with Gasteiger partial charge in [0, 0.05) is 12.6 Å². The minimum absolute atomic E-state index is 0.143. The predicted molar refractivity (Wildman–Crippen MR) is 91.2 cm³/mol. The van der Waals surface area contributed by atoms with E-state index in [1.54, 1.807) is 0 Å². The second-order valence-corrected chi connectivity index (χ2v) is 8.70. The molecule has 5 heteroatoms. The van der Waals surface area contributed by atoms with Crippen molar-refractivity contribution in [2.24, 2.45) is 11.3 Å². The van der Waals surface area contributed by atoms with E-state index in [0.29, 0.717) is 12.5 Å². The number of hydrogen-bond acceptors (Lipinski definition) is 3. The van der Waals surface area contributed by atoms with Gasteiger partial charge in [-0.15, -0.1) is 0 Å². The van der Waals surface area contributed by atoms with Crippen LogP contribution in [0.4, 0.5) is 4.79 Å². The molecule has 134 valence electrons. The number of carbonyl (C=O) groups is 1. The number of aliphatic hydroxyl groups excluding tert-OH is 1. The molecule has 23 heavy (non-hydrogen) atoms. The van der Waals surface area contributed by atoms with Gasteiger partial charge in [0.05, 0.1) is 11.7 Å². The Morgan fingerprint density at radius 3 is 2.17 bits per heavy atom. The third-order valence-electron chi connectivity index (χ3n) is 5.75. The van der Waals surface area contributed by atoms with Crippen LogP contribution in [0.3, 0.4) is 0 Å². The van der Waals surface area contributed by atoms with E-state index < -0.39 is 5.60 Å². The molecule has 0 radical (unpaired) electrons. The Kier molecular flexibility index (Phi) is 5.95. The summed E-state index contributed by atoms with van der Waals surface area (Å²) in [6.07, 6.45) is 6.49. The Bertz CT molecular complexity index is 390. The summed E-state index contributed by atoms with van der Waals surface area (Å²) in [4.78, 5) is 12.0. The maximum Gasteiger partial charge on any atom is 0.315 e. The van der Waals surface area contributed by atoms with Crippen LogP contribution in [0, 0.1) is 11.3 Å². The van der Waals surface area contributed by atoms with Gasteiger partial charge in [0.1, 0.15) is 0 Å². The lowest BCUT2D eigenvalue weighted by atomic mass is 9.68. The molecule has 4 N–H and O–H groups in total. The predicted octanol–water partition coefficient (Wildman–Crippen LogP) is 2.56. The molecule has 0 saturated heterocycles. The van der Waals surface area contributed by atoms with E-state index in [9.17, 15) is 15.0 Å². The van der Waals surface area contributed by atoms with Crippen molar-refractivity contribution in [2.45, 2.75) is 89.9 Å². The molecule has 2 aliphatic carbocycles. The van der Waals surface area contributed by atoms with E-state index in [-0.39, 0.29) is 23.6 Å². The maximum absolute atomic E-state index is 12.0. The third kappa shape index (κ3) is 5.64. The average molecular weight is 326 g/mol. The Hall–Kier alpha value is -0.810. The Morgan fingerprint density at radius 1 is 1.09 bits per heavy atom. The molecule has 2 aliphatic rings. The van der Waals surface area contributed by atoms with Crippen LogP contribution in [0.25, 0.3) is 0 Å². The Balaban J connectivity index is 1.70. The molecular weight excluding hydrogens is 292 g/mol. The van der Waals surface area contributed by atoms with Gasteiger partial charge in [0.2, 0.25) is 0 Å². The SMILES string of the molecule is CC(C)(C)C1CCC(O)(CNC(=O)NC2CCC(O)CC2)CC1. The summed E-state index contributed by atoms with van der Waals surface area (Å²) < 4.78 is 0. The highest BCUT2D eigenvalue weighted by atomic mass is 16.3. The van der Waals surface area contributed by atoms with Crippen LogP contribution in [0.15, 0.2) is 0 Å². The fourth-order valence-corrected chi connectivity index (χ4v) is 3.90. The maximum atomic E-state index is 12.0. The second-order valence-electron chi connectivity index (χ2n) is 8.70. The van der Waals surface area contributed by atoms with Crippen LogP contribution >= 0.6 is 0 Å². The molecule has 0 aromatic rings. The van der Waals surface area contributed by atoms with Crippen molar-refractivity contribution >= 4 is 6.03 Å². The molecule has 2 saturated carbocycles. The number of rotatable bonds is 3. The van der Waals surface area contributed by atoms with E-state index in [1.165, 1.54) is 0 Å². The van der Waals surface area contributed by atoms with E-state index in [1.807, 2.05) is 0 Å². The van der Waals surface area contributed by atoms with E-state index in [2.05, 4.69) is 31.4 Å². The molecule has 2 amide bonds. The van der Waals surface area contributed by atoms with Crippen molar-refractivity contribution in [1.29, 1.82) is 0 Å². The highest BCUT2D eigenvalue weighted by Crippen LogP contribution is 2.41. The van der Waals surface area contributed by atoms with Crippen LogP contribution in [-0.2, 0) is 0 Å². The number of amides is 2. The summed E-state index contributed by atoms with van der Waals surface area (Å²) in [5.41, 5.74) is -0.473. The minimum atomic E-state index is -0.762. The topological polar surface area (TPSA) is 81.6 Å². The van der Waals surface area contributed by atoms with Crippen molar-refractivity contribution in [1.82, 2.24) is 10.6 Å². The summed E-state index contributed by atoms with van der Waals surface area (Å²) in [6.45, 7) is 7.10. The van der Waals surface area contributed by atoms with Gasteiger partial charge >= 0.3 is 6.03 Å². The number of hydrogen-bond donors (Lipinski definition) is 4. The van der Waals surface area contributed by atoms with Crippen LogP contribution in [0.2, 0.25) is 0 Å². The first-order valence-electron chi connectivity index (χ1n) is 9.13. The van der Waals surface area contributed by atoms with Crippen molar-refractivity contribution in [3.63, 3.8) is 0 Å². The van der Waals surface area contributed by atoms with Gasteiger partial charge in [-0.2, -0.15) is 0 Å². The van der Waals surface area contributed by atoms with Gasteiger partial charge in [-0.3, -0.25) is 0 Å². The lowest BCUT2D eigenvalue weighted by Crippen LogP contribution is -2.51. The van der Waals surface area contributed by atoms with Crippen LogP contribution in [-0.4, -0.2) is 40.5 Å². The molecule has 0 atom stereocenters. The van der Waals surface area contributed by atoms with Gasteiger partial charge in [-0.1, -0.05) is 20.8 Å². The van der Waals surface area contributed by atoms with Gasteiger partial charge in [-0.05, 0) is 62.7 Å². The summed E-state index contributed by atoms with van der Waals surface area (Å²) in [6, 6.07) is -0.0533. The second kappa shape index (κ2) is 7.39. The first-order valence-corrected chi connectivity index (χ1v) is 9.13. The number of nitrogens with one attached hydrogen (secondary N) is 2. The lowest BCUT2D eigenvalue weighted by Gasteiger charge is -2.41. The van der Waals surface area contributed by atoms with Crippen molar-refractivity contribution < 1.29 is 15.0 Å². The fourth-order valence-electron chi connectivity index (χ4n) is 3.90. The molecule has 0 spiro atoms.